The van der Waals surface area contributed by atoms with E-state index in [0.29, 0.717) is 27.9 Å². The minimum absolute atomic E-state index is 0. The normalized spacial score (nSPS) is 18.4. The fourth-order valence-electron chi connectivity index (χ4n) is 11.8. The van der Waals surface area contributed by atoms with Crippen LogP contribution in [-0.4, -0.2) is 14.5 Å². The van der Waals surface area contributed by atoms with Crippen LogP contribution in [0.1, 0.15) is 113 Å². The van der Waals surface area contributed by atoms with Gasteiger partial charge in [-0.25, -0.2) is 0 Å². The Bertz CT molecular complexity index is 4010. The number of fused-ring (bicyclic) bond motifs is 9. The second kappa shape index (κ2) is 17.5. The third-order valence-corrected chi connectivity index (χ3v) is 16.0. The maximum Gasteiger partial charge on any atom is 0.121 e. The van der Waals surface area contributed by atoms with Crippen LogP contribution < -0.4 is 0 Å². The number of para-hydroxylation sites is 3. The molecule has 361 valence electrons. The van der Waals surface area contributed by atoms with Crippen LogP contribution >= 0.6 is 0 Å². The summed E-state index contributed by atoms with van der Waals surface area (Å²) < 4.78 is 35.2. The van der Waals surface area contributed by atoms with E-state index in [4.69, 9.17) is 13.5 Å². The molecule has 3 aliphatic rings. The van der Waals surface area contributed by atoms with Crippen LogP contribution in [0.3, 0.4) is 0 Å². The molecule has 0 unspecified atom stereocenters. The van der Waals surface area contributed by atoms with Crippen molar-refractivity contribution in [3.8, 4) is 39.5 Å². The molecule has 11 aromatic rings. The number of hydrogen-bond donors (Lipinski definition) is 0. The van der Waals surface area contributed by atoms with Crippen molar-refractivity contribution in [2.24, 2.45) is 0 Å². The molecule has 0 saturated heterocycles. The summed E-state index contributed by atoms with van der Waals surface area (Å²) >= 11 is 0. The van der Waals surface area contributed by atoms with E-state index in [1.807, 2.05) is 48.7 Å². The fraction of sp³-hybridized carbons (Fsp3) is 0.254. The average molecular weight is 1120 g/mol. The van der Waals surface area contributed by atoms with Gasteiger partial charge in [-0.05, 0) is 133 Å². The van der Waals surface area contributed by atoms with E-state index in [1.54, 1.807) is 6.07 Å². The molecule has 0 spiro atoms. The van der Waals surface area contributed by atoms with Crippen molar-refractivity contribution in [1.29, 1.82) is 0 Å². The zero-order chi connectivity index (χ0) is 51.5. The van der Waals surface area contributed by atoms with E-state index in [2.05, 4.69) is 180 Å². The van der Waals surface area contributed by atoms with Gasteiger partial charge in [-0.2, -0.15) is 0 Å². The summed E-state index contributed by atoms with van der Waals surface area (Å²) in [6.07, 6.45) is 6.78. The van der Waals surface area contributed by atoms with Gasteiger partial charge in [-0.3, -0.25) is 4.98 Å². The molecule has 0 N–H and O–H groups in total. The van der Waals surface area contributed by atoms with E-state index in [9.17, 15) is 0 Å². The molecule has 0 aliphatic heterocycles. The molecule has 14 rings (SSSR count). The molecule has 1 saturated carbocycles. The molecule has 0 amide bonds. The Labute approximate surface area is 442 Å². The fourth-order valence-corrected chi connectivity index (χ4v) is 11.8. The number of hydrogen-bond acceptors (Lipinski definition) is 3. The van der Waals surface area contributed by atoms with E-state index in [-0.39, 0.29) is 47.3 Å². The maximum absolute atomic E-state index is 8.67. The molecule has 5 heteroatoms. The topological polar surface area (TPSA) is 43.9 Å². The Kier molecular flexibility index (Phi) is 10.7. The number of imidazole rings is 1. The van der Waals surface area contributed by atoms with Gasteiger partial charge >= 0.3 is 0 Å². The smallest absolute Gasteiger partial charge is 0.121 e. The van der Waals surface area contributed by atoms with E-state index in [0.717, 1.165) is 60.5 Å². The first-order valence-corrected chi connectivity index (χ1v) is 25.2. The van der Waals surface area contributed by atoms with Crippen LogP contribution in [0.5, 0.6) is 0 Å². The van der Waals surface area contributed by atoms with Crippen molar-refractivity contribution < 1.29 is 28.6 Å². The summed E-state index contributed by atoms with van der Waals surface area (Å²) in [6, 6.07) is 59.4. The number of benzene rings is 8. The maximum atomic E-state index is 8.67. The van der Waals surface area contributed by atoms with Gasteiger partial charge in [0.25, 0.3) is 0 Å². The molecule has 3 aliphatic carbocycles. The van der Waals surface area contributed by atoms with Crippen molar-refractivity contribution in [1.82, 2.24) is 14.5 Å². The monoisotopic (exact) mass is 1120 g/mol. The first kappa shape index (κ1) is 44.1. The molecule has 1 radical (unpaired) electrons. The first-order chi connectivity index (χ1) is 35.3. The van der Waals surface area contributed by atoms with Gasteiger partial charge in [0.2, 0.25) is 0 Å². The van der Waals surface area contributed by atoms with Crippen molar-refractivity contribution >= 4 is 54.5 Å². The Morgan fingerprint density at radius 1 is 0.667 bits per heavy atom. The number of aromatic nitrogens is 3. The van der Waals surface area contributed by atoms with E-state index < -0.39 is 6.85 Å². The molecule has 2 bridgehead atoms. The van der Waals surface area contributed by atoms with Gasteiger partial charge in [-0.15, -0.1) is 53.6 Å². The third kappa shape index (κ3) is 7.92. The summed E-state index contributed by atoms with van der Waals surface area (Å²) in [5.41, 5.74) is 15.0. The summed E-state index contributed by atoms with van der Waals surface area (Å²) in [4.78, 5) is 9.77. The SMILES string of the molecule is CC(C)(C)c1ccnc(-c2[c-]cccc2)c1.[2H]C([2H])([2H])c1c[c-]c(-c2nc3ccccc3n2-c2c(-c3ccc4c(c3)C3(C)CCC4(C)CC3)cccc2C(C)(C)C)c2oc3cc4c(ccc5ccccc54)cc3c12.[Ir]. The third-order valence-electron chi connectivity index (χ3n) is 16.0. The van der Waals surface area contributed by atoms with Crippen LogP contribution in [-0.2, 0) is 41.8 Å². The molecule has 0 atom stereocenters. The van der Waals surface area contributed by atoms with Gasteiger partial charge in [0, 0.05) is 41.4 Å². The number of rotatable bonds is 4. The quantitative estimate of drug-likeness (QED) is 0.130. The molecule has 72 heavy (non-hydrogen) atoms. The van der Waals surface area contributed by atoms with Crippen LogP contribution in [0.4, 0.5) is 0 Å². The summed E-state index contributed by atoms with van der Waals surface area (Å²) in [7, 11) is 0. The standard InChI is InChI=1S/C52H45N2O.C15H16N.Ir/c1-31-18-22-37(48-46(31)39-28-33-20-19-32-12-7-8-13-35(32)38(33)30-45(39)55-48)49-53-43-16-9-10-17-44(43)54(49)47-36(14-11-15-41(47)50(2,3)4)34-21-23-40-42(29-34)52(6)26-24-51(40,5)25-27-52;1-15(2,3)13-9-10-16-14(11-13)12-7-5-4-6-8-12;/h7-21,23,28-30H,24-27H2,1-6H3;4-7,9-11H,1-3H3;/q2*-1;/i1D3;;. The number of aryl methyl sites for hydroxylation is 1. The zero-order valence-corrected chi connectivity index (χ0v) is 44.8. The molecule has 1 fully saturated rings. The summed E-state index contributed by atoms with van der Waals surface area (Å²) in [5, 5.41) is 5.69. The molecule has 3 heterocycles. The summed E-state index contributed by atoms with van der Waals surface area (Å²) in [6.45, 7) is 16.0. The second-order valence-corrected chi connectivity index (χ2v) is 22.8. The van der Waals surface area contributed by atoms with Gasteiger partial charge in [0.15, 0.2) is 0 Å². The molecule has 8 aromatic carbocycles. The van der Waals surface area contributed by atoms with Crippen LogP contribution in [0, 0.1) is 19.0 Å². The van der Waals surface area contributed by atoms with Gasteiger partial charge < -0.3 is 14.0 Å². The largest absolute Gasteiger partial charge is 0.501 e. The van der Waals surface area contributed by atoms with Crippen molar-refractivity contribution in [2.45, 2.75) is 110 Å². The van der Waals surface area contributed by atoms with Gasteiger partial charge in [-0.1, -0.05) is 164 Å². The average Bonchev–Trinajstić information content (AvgIpc) is 3.99. The Balaban J connectivity index is 0.000000304. The predicted molar refractivity (Wildman–Crippen MR) is 297 cm³/mol. The van der Waals surface area contributed by atoms with Crippen LogP contribution in [0.25, 0.3) is 94.0 Å². The number of nitrogens with zero attached hydrogens (tertiary/aromatic N) is 3. The number of furan rings is 1. The predicted octanol–water partition coefficient (Wildman–Crippen LogP) is 17.9. The minimum atomic E-state index is -2.39. The van der Waals surface area contributed by atoms with Crippen LogP contribution in [0.2, 0.25) is 0 Å². The second-order valence-electron chi connectivity index (χ2n) is 22.8. The first-order valence-electron chi connectivity index (χ1n) is 26.7. The summed E-state index contributed by atoms with van der Waals surface area (Å²) in [5.74, 6) is 0.659. The Morgan fingerprint density at radius 2 is 1.42 bits per heavy atom. The Morgan fingerprint density at radius 3 is 2.18 bits per heavy atom. The molecular formula is C67H61IrN3O-2. The molecule has 4 nitrogen and oxygen atoms in total. The van der Waals surface area contributed by atoms with Gasteiger partial charge in [0.05, 0.1) is 28.1 Å². The van der Waals surface area contributed by atoms with Crippen molar-refractivity contribution in [2.75, 3.05) is 0 Å². The van der Waals surface area contributed by atoms with Gasteiger partial charge in [0.1, 0.15) is 5.58 Å². The Hall–Kier alpha value is -6.65. The number of pyridine rings is 1. The van der Waals surface area contributed by atoms with Crippen LogP contribution in [0.15, 0.2) is 162 Å². The zero-order valence-electron chi connectivity index (χ0n) is 45.4. The molecular weight excluding hydrogens is 1050 g/mol. The van der Waals surface area contributed by atoms with Crippen molar-refractivity contribution in [3.05, 3.63) is 198 Å². The van der Waals surface area contributed by atoms with Crippen molar-refractivity contribution in [3.63, 3.8) is 0 Å². The molecule has 3 aromatic heterocycles. The van der Waals surface area contributed by atoms with E-state index >= 15 is 0 Å². The minimum Gasteiger partial charge on any atom is -0.501 e. The van der Waals surface area contributed by atoms with E-state index in [1.165, 1.54) is 53.5 Å².